The summed E-state index contributed by atoms with van der Waals surface area (Å²) in [5, 5.41) is 8.65. The molecule has 11 nitrogen and oxygen atoms in total. The predicted molar refractivity (Wildman–Crippen MR) is 136 cm³/mol. The summed E-state index contributed by atoms with van der Waals surface area (Å²) in [6, 6.07) is 4.91. The van der Waals surface area contributed by atoms with Crippen molar-refractivity contribution < 1.29 is 33.4 Å². The number of nitrogens with zero attached hydrogens (tertiary/aromatic N) is 1. The van der Waals surface area contributed by atoms with Gasteiger partial charge in [0.05, 0.1) is 18.2 Å². The molecule has 0 aliphatic carbocycles. The molecule has 5 atom stereocenters. The summed E-state index contributed by atoms with van der Waals surface area (Å²) in [6.45, 7) is 2.12. The van der Waals surface area contributed by atoms with Gasteiger partial charge in [-0.15, -0.1) is 0 Å². The summed E-state index contributed by atoms with van der Waals surface area (Å²) >= 11 is 0. The van der Waals surface area contributed by atoms with Crippen molar-refractivity contribution in [3.05, 3.63) is 35.4 Å². The van der Waals surface area contributed by atoms with Gasteiger partial charge in [-0.05, 0) is 57.4 Å². The van der Waals surface area contributed by atoms with Crippen molar-refractivity contribution in [2.24, 2.45) is 0 Å². The highest BCUT2D eigenvalue weighted by Crippen LogP contribution is 2.31. The summed E-state index contributed by atoms with van der Waals surface area (Å²) in [5.41, 5.74) is 0.951. The molecule has 11 heteroatoms. The standard InChI is InChI=1S/C27H36N4O7/c1-16(28-2)23(32)30-20-9-4-3-8-19-10-11-21(31(19)25(20)34)24(33)29-15-17-6-5-7-18(14-17)26(35)38-22-12-13-37-27(22)36/h5-7,14,16,19-22,28H,3-4,8-13,15H2,1-2H3,(H,29,33)(H,30,32)/t16?,19-,20-,21-,22?/m0/s1. The van der Waals surface area contributed by atoms with E-state index in [0.29, 0.717) is 24.8 Å². The van der Waals surface area contributed by atoms with Gasteiger partial charge in [0.2, 0.25) is 23.8 Å². The second-order valence-corrected chi connectivity index (χ2v) is 10.1. The molecular weight excluding hydrogens is 492 g/mol. The first-order valence-electron chi connectivity index (χ1n) is 13.3. The van der Waals surface area contributed by atoms with E-state index in [2.05, 4.69) is 16.0 Å². The van der Waals surface area contributed by atoms with Crippen molar-refractivity contribution in [3.8, 4) is 0 Å². The van der Waals surface area contributed by atoms with Crippen LogP contribution in [-0.2, 0) is 35.2 Å². The lowest BCUT2D eigenvalue weighted by atomic mass is 9.98. The van der Waals surface area contributed by atoms with Crippen LogP contribution in [0.2, 0.25) is 0 Å². The van der Waals surface area contributed by atoms with E-state index >= 15 is 0 Å². The first-order valence-corrected chi connectivity index (χ1v) is 13.3. The van der Waals surface area contributed by atoms with Crippen LogP contribution in [0, 0.1) is 0 Å². The second kappa shape index (κ2) is 12.4. The second-order valence-electron chi connectivity index (χ2n) is 10.1. The van der Waals surface area contributed by atoms with Gasteiger partial charge in [0, 0.05) is 19.0 Å². The molecule has 1 aromatic rings. The van der Waals surface area contributed by atoms with Crippen LogP contribution in [0.3, 0.4) is 0 Å². The van der Waals surface area contributed by atoms with Crippen LogP contribution in [0.4, 0.5) is 0 Å². The zero-order valence-electron chi connectivity index (χ0n) is 21.9. The predicted octanol–water partition coefficient (Wildman–Crippen LogP) is 0.801. The van der Waals surface area contributed by atoms with Crippen LogP contribution in [-0.4, -0.2) is 78.5 Å². The van der Waals surface area contributed by atoms with Crippen molar-refractivity contribution >= 4 is 29.7 Å². The Bertz CT molecular complexity index is 1080. The Balaban J connectivity index is 1.38. The smallest absolute Gasteiger partial charge is 0.347 e. The fourth-order valence-electron chi connectivity index (χ4n) is 5.25. The minimum absolute atomic E-state index is 0.0277. The molecule has 3 aliphatic heterocycles. The first kappa shape index (κ1) is 27.6. The maximum Gasteiger partial charge on any atom is 0.347 e. The number of ether oxygens (including phenoxy) is 2. The van der Waals surface area contributed by atoms with Crippen LogP contribution in [0.1, 0.15) is 67.8 Å². The molecular formula is C27H36N4O7. The molecule has 1 aromatic carbocycles. The lowest BCUT2D eigenvalue weighted by molar-refractivity contribution is -0.145. The lowest BCUT2D eigenvalue weighted by Gasteiger charge is -2.35. The fraction of sp³-hybridized carbons (Fsp3) is 0.593. The highest BCUT2D eigenvalue weighted by molar-refractivity contribution is 5.94. The molecule has 0 bridgehead atoms. The number of nitrogens with one attached hydrogen (secondary N) is 3. The number of hydrogen-bond donors (Lipinski definition) is 3. The molecule has 0 spiro atoms. The summed E-state index contributed by atoms with van der Waals surface area (Å²) < 4.78 is 10.1. The molecule has 0 radical (unpaired) electrons. The summed E-state index contributed by atoms with van der Waals surface area (Å²) in [5.74, 6) is -1.90. The van der Waals surface area contributed by atoms with Gasteiger partial charge in [-0.2, -0.15) is 0 Å². The highest BCUT2D eigenvalue weighted by Gasteiger charge is 2.44. The van der Waals surface area contributed by atoms with Crippen LogP contribution in [0.15, 0.2) is 24.3 Å². The maximum absolute atomic E-state index is 13.5. The van der Waals surface area contributed by atoms with Gasteiger partial charge in [0.15, 0.2) is 0 Å². The molecule has 2 unspecified atom stereocenters. The number of cyclic esters (lactones) is 1. The van der Waals surface area contributed by atoms with E-state index < -0.39 is 36.2 Å². The number of hydrogen-bond acceptors (Lipinski definition) is 8. The minimum Gasteiger partial charge on any atom is -0.463 e. The zero-order valence-corrected chi connectivity index (χ0v) is 21.9. The van der Waals surface area contributed by atoms with Crippen molar-refractivity contribution in [2.75, 3.05) is 13.7 Å². The Hall–Kier alpha value is -3.47. The van der Waals surface area contributed by atoms with Gasteiger partial charge < -0.3 is 30.3 Å². The van der Waals surface area contributed by atoms with E-state index in [1.807, 2.05) is 0 Å². The number of likely N-dealkylation sites (N-methyl/N-ethyl adjacent to an activating group) is 1. The highest BCUT2D eigenvalue weighted by atomic mass is 16.6. The molecule has 0 saturated carbocycles. The maximum atomic E-state index is 13.5. The molecule has 4 rings (SSSR count). The monoisotopic (exact) mass is 528 g/mol. The van der Waals surface area contributed by atoms with Crippen LogP contribution >= 0.6 is 0 Å². The molecule has 206 valence electrons. The van der Waals surface area contributed by atoms with Gasteiger partial charge >= 0.3 is 11.9 Å². The average Bonchev–Trinajstić information content (AvgIpc) is 3.52. The van der Waals surface area contributed by atoms with Gasteiger partial charge in [-0.1, -0.05) is 25.0 Å². The largest absolute Gasteiger partial charge is 0.463 e. The summed E-state index contributed by atoms with van der Waals surface area (Å²) in [4.78, 5) is 65.0. The molecule has 3 amide bonds. The molecule has 0 aromatic heterocycles. The molecule has 3 N–H and O–H groups in total. The Morgan fingerprint density at radius 3 is 2.63 bits per heavy atom. The number of carbonyl (C=O) groups is 5. The first-order chi connectivity index (χ1) is 18.3. The van der Waals surface area contributed by atoms with Gasteiger partial charge in [0.25, 0.3) is 0 Å². The summed E-state index contributed by atoms with van der Waals surface area (Å²) in [7, 11) is 1.69. The van der Waals surface area contributed by atoms with E-state index in [1.54, 1.807) is 43.1 Å². The Labute approximate surface area is 222 Å². The Morgan fingerprint density at radius 1 is 1.11 bits per heavy atom. The molecule has 38 heavy (non-hydrogen) atoms. The fourth-order valence-corrected chi connectivity index (χ4v) is 5.25. The van der Waals surface area contributed by atoms with Gasteiger partial charge in [-0.25, -0.2) is 9.59 Å². The van der Waals surface area contributed by atoms with E-state index in [1.165, 1.54) is 0 Å². The number of rotatable bonds is 8. The Kier molecular flexibility index (Phi) is 8.98. The number of carbonyl (C=O) groups excluding carboxylic acids is 5. The zero-order chi connectivity index (χ0) is 27.2. The van der Waals surface area contributed by atoms with Crippen LogP contribution < -0.4 is 16.0 Å². The van der Waals surface area contributed by atoms with E-state index in [4.69, 9.17) is 9.47 Å². The van der Waals surface area contributed by atoms with E-state index in [0.717, 1.165) is 25.7 Å². The van der Waals surface area contributed by atoms with Gasteiger partial charge in [-0.3, -0.25) is 14.4 Å². The molecule has 3 aliphatic rings. The molecule has 3 saturated heterocycles. The number of esters is 2. The quantitative estimate of drug-likeness (QED) is 0.421. The number of fused-ring (bicyclic) bond motifs is 1. The van der Waals surface area contributed by atoms with E-state index in [-0.39, 0.29) is 42.5 Å². The van der Waals surface area contributed by atoms with Crippen LogP contribution in [0.25, 0.3) is 0 Å². The third-order valence-corrected chi connectivity index (χ3v) is 7.55. The molecule has 3 fully saturated rings. The lowest BCUT2D eigenvalue weighted by Crippen LogP contribution is -2.57. The molecule has 3 heterocycles. The van der Waals surface area contributed by atoms with Crippen molar-refractivity contribution in [1.82, 2.24) is 20.9 Å². The number of amides is 3. The third kappa shape index (κ3) is 6.32. The van der Waals surface area contributed by atoms with Crippen molar-refractivity contribution in [3.63, 3.8) is 0 Å². The number of benzene rings is 1. The normalized spacial score (nSPS) is 26.0. The van der Waals surface area contributed by atoms with E-state index in [9.17, 15) is 24.0 Å². The average molecular weight is 529 g/mol. The van der Waals surface area contributed by atoms with Crippen molar-refractivity contribution in [1.29, 1.82) is 0 Å². The van der Waals surface area contributed by atoms with Crippen LogP contribution in [0.5, 0.6) is 0 Å². The topological polar surface area (TPSA) is 143 Å². The Morgan fingerprint density at radius 2 is 1.89 bits per heavy atom. The third-order valence-electron chi connectivity index (χ3n) is 7.55. The minimum atomic E-state index is -0.897. The SMILES string of the molecule is CNC(C)C(=O)N[C@H]1CCCC[C@H]2CC[C@@H](C(=O)NCc3cccc(C(=O)OC4CCOC4=O)c3)N2C1=O. The summed E-state index contributed by atoms with van der Waals surface area (Å²) in [6.07, 6.45) is 3.87. The van der Waals surface area contributed by atoms with Crippen molar-refractivity contribution in [2.45, 2.75) is 88.7 Å². The van der Waals surface area contributed by atoms with Gasteiger partial charge in [0.1, 0.15) is 12.1 Å².